The summed E-state index contributed by atoms with van der Waals surface area (Å²) in [6.45, 7) is 3.48. The monoisotopic (exact) mass is 507 g/mol. The van der Waals surface area contributed by atoms with Crippen LogP contribution in [-0.4, -0.2) is 44.8 Å². The molecule has 0 bridgehead atoms. The third-order valence-corrected chi connectivity index (χ3v) is 7.45. The van der Waals surface area contributed by atoms with Crippen LogP contribution in [-0.2, 0) is 14.8 Å². The molecule has 0 unspecified atom stereocenters. The molecule has 2 amide bonds. The molecule has 1 fully saturated rings. The van der Waals surface area contributed by atoms with E-state index in [-0.39, 0.29) is 28.6 Å². The number of hydrogen-bond acceptors (Lipinski definition) is 5. The summed E-state index contributed by atoms with van der Waals surface area (Å²) in [6.07, 6.45) is 1.93. The fourth-order valence-corrected chi connectivity index (χ4v) is 4.94. The van der Waals surface area contributed by atoms with Gasteiger partial charge in [0.2, 0.25) is 5.91 Å². The van der Waals surface area contributed by atoms with Crippen LogP contribution in [0.4, 0.5) is 5.69 Å². The molecule has 1 saturated heterocycles. The van der Waals surface area contributed by atoms with E-state index < -0.39 is 15.9 Å². The largest absolute Gasteiger partial charge is 0.455 e. The summed E-state index contributed by atoms with van der Waals surface area (Å²) in [7, 11) is -3.94. The molecule has 3 aromatic carbocycles. The second-order valence-corrected chi connectivity index (χ2v) is 10.5. The minimum atomic E-state index is -3.94. The average Bonchev–Trinajstić information content (AvgIpc) is 2.89. The van der Waals surface area contributed by atoms with Crippen molar-refractivity contribution in [3.63, 3.8) is 0 Å². The lowest BCUT2D eigenvalue weighted by Gasteiger charge is -2.30. The lowest BCUT2D eigenvalue weighted by Crippen LogP contribution is -2.43. The van der Waals surface area contributed by atoms with Crippen molar-refractivity contribution in [2.45, 2.75) is 24.7 Å². The summed E-state index contributed by atoms with van der Waals surface area (Å²) >= 11 is 0. The number of sulfonamides is 1. The maximum atomic E-state index is 13.0. The Balaban J connectivity index is 1.38. The Hall–Kier alpha value is -3.85. The number of piperidine rings is 1. The molecule has 0 spiro atoms. The quantitative estimate of drug-likeness (QED) is 0.474. The summed E-state index contributed by atoms with van der Waals surface area (Å²) < 4.78 is 34.3. The van der Waals surface area contributed by atoms with Crippen LogP contribution in [0.1, 0.15) is 30.1 Å². The second-order valence-electron chi connectivity index (χ2n) is 8.79. The molecule has 1 aliphatic rings. The highest BCUT2D eigenvalue weighted by Crippen LogP contribution is 2.31. The number of carbonyl (C=O) groups is 2. The first-order valence-electron chi connectivity index (χ1n) is 11.8. The highest BCUT2D eigenvalue weighted by molar-refractivity contribution is 7.92. The maximum absolute atomic E-state index is 13.0. The Kier molecular flexibility index (Phi) is 7.90. The van der Waals surface area contributed by atoms with Crippen molar-refractivity contribution in [1.29, 1.82) is 0 Å². The van der Waals surface area contributed by atoms with E-state index in [9.17, 15) is 18.0 Å². The molecule has 0 aliphatic carbocycles. The van der Waals surface area contributed by atoms with Crippen LogP contribution in [0.2, 0.25) is 0 Å². The SMILES string of the molecule is CC1CCN(C(=O)CNC(=O)c2ccc(S(=O)(=O)Nc3ccccc3Oc3ccccc3)cc2)CC1. The van der Waals surface area contributed by atoms with E-state index in [0.29, 0.717) is 30.5 Å². The van der Waals surface area contributed by atoms with Gasteiger partial charge >= 0.3 is 0 Å². The minimum Gasteiger partial charge on any atom is -0.455 e. The van der Waals surface area contributed by atoms with Crippen molar-refractivity contribution in [3.8, 4) is 11.5 Å². The van der Waals surface area contributed by atoms with Gasteiger partial charge in [0.15, 0.2) is 5.75 Å². The van der Waals surface area contributed by atoms with E-state index in [1.54, 1.807) is 41.3 Å². The van der Waals surface area contributed by atoms with Crippen molar-refractivity contribution in [2.24, 2.45) is 5.92 Å². The predicted molar refractivity (Wildman–Crippen MR) is 138 cm³/mol. The normalized spacial score (nSPS) is 14.2. The van der Waals surface area contributed by atoms with Crippen LogP contribution >= 0.6 is 0 Å². The molecule has 1 aliphatic heterocycles. The number of para-hydroxylation sites is 3. The molecule has 36 heavy (non-hydrogen) atoms. The van der Waals surface area contributed by atoms with Crippen molar-refractivity contribution < 1.29 is 22.7 Å². The molecule has 0 radical (unpaired) electrons. The van der Waals surface area contributed by atoms with E-state index in [1.807, 2.05) is 18.2 Å². The Morgan fingerprint density at radius 2 is 1.56 bits per heavy atom. The summed E-state index contributed by atoms with van der Waals surface area (Å²) in [5, 5.41) is 2.62. The molecule has 2 N–H and O–H groups in total. The third kappa shape index (κ3) is 6.42. The van der Waals surface area contributed by atoms with Crippen molar-refractivity contribution in [1.82, 2.24) is 10.2 Å². The number of benzene rings is 3. The molecular weight excluding hydrogens is 478 g/mol. The van der Waals surface area contributed by atoms with E-state index in [0.717, 1.165) is 12.8 Å². The lowest BCUT2D eigenvalue weighted by molar-refractivity contribution is -0.131. The minimum absolute atomic E-state index is 0.00734. The molecule has 8 nitrogen and oxygen atoms in total. The van der Waals surface area contributed by atoms with Crippen molar-refractivity contribution >= 4 is 27.5 Å². The van der Waals surface area contributed by atoms with Crippen LogP contribution in [0.3, 0.4) is 0 Å². The molecule has 0 atom stereocenters. The van der Waals surface area contributed by atoms with Gasteiger partial charge in [0.05, 0.1) is 17.1 Å². The fourth-order valence-electron chi connectivity index (χ4n) is 3.87. The standard InChI is InChI=1S/C27H29N3O5S/c1-20-15-17-30(18-16-20)26(31)19-28-27(32)21-11-13-23(14-12-21)36(33,34)29-24-9-5-6-10-25(24)35-22-7-3-2-4-8-22/h2-14,20,29H,15-19H2,1H3,(H,28,32). The van der Waals surface area contributed by atoms with E-state index in [2.05, 4.69) is 17.0 Å². The number of nitrogens with zero attached hydrogens (tertiary/aromatic N) is 1. The Morgan fingerprint density at radius 1 is 0.917 bits per heavy atom. The van der Waals surface area contributed by atoms with Gasteiger partial charge in [0, 0.05) is 18.7 Å². The Labute approximate surface area is 211 Å². The van der Waals surface area contributed by atoms with Crippen LogP contribution in [0.5, 0.6) is 11.5 Å². The molecule has 9 heteroatoms. The van der Waals surface area contributed by atoms with E-state index >= 15 is 0 Å². The number of rotatable bonds is 8. The van der Waals surface area contributed by atoms with Gasteiger partial charge < -0.3 is 15.0 Å². The van der Waals surface area contributed by atoms with Gasteiger partial charge in [0.25, 0.3) is 15.9 Å². The lowest BCUT2D eigenvalue weighted by atomic mass is 9.99. The van der Waals surface area contributed by atoms with Crippen LogP contribution in [0.25, 0.3) is 0 Å². The predicted octanol–water partition coefficient (Wildman–Crippen LogP) is 4.27. The molecule has 188 valence electrons. The number of carbonyl (C=O) groups excluding carboxylic acids is 2. The number of hydrogen-bond donors (Lipinski definition) is 2. The third-order valence-electron chi connectivity index (χ3n) is 6.07. The van der Waals surface area contributed by atoms with Gasteiger partial charge in [0.1, 0.15) is 5.75 Å². The van der Waals surface area contributed by atoms with Crippen molar-refractivity contribution in [3.05, 3.63) is 84.4 Å². The number of anilines is 1. The smallest absolute Gasteiger partial charge is 0.262 e. The van der Waals surface area contributed by atoms with Crippen LogP contribution in [0.15, 0.2) is 83.8 Å². The second kappa shape index (κ2) is 11.3. The zero-order valence-corrected chi connectivity index (χ0v) is 20.8. The molecule has 3 aromatic rings. The van der Waals surface area contributed by atoms with Gasteiger partial charge in [-0.3, -0.25) is 14.3 Å². The number of likely N-dealkylation sites (tertiary alicyclic amines) is 1. The summed E-state index contributed by atoms with van der Waals surface area (Å²) in [5.41, 5.74) is 0.551. The fraction of sp³-hybridized carbons (Fsp3) is 0.259. The van der Waals surface area contributed by atoms with Gasteiger partial charge in [-0.15, -0.1) is 0 Å². The number of nitrogens with one attached hydrogen (secondary N) is 2. The Bertz CT molecular complexity index is 1300. The molecule has 0 saturated carbocycles. The maximum Gasteiger partial charge on any atom is 0.262 e. The molecule has 1 heterocycles. The zero-order chi connectivity index (χ0) is 25.5. The first-order chi connectivity index (χ1) is 17.3. The van der Waals surface area contributed by atoms with Gasteiger partial charge in [-0.05, 0) is 67.3 Å². The van der Waals surface area contributed by atoms with Gasteiger partial charge in [-0.1, -0.05) is 37.3 Å². The van der Waals surface area contributed by atoms with E-state index in [4.69, 9.17) is 4.74 Å². The first kappa shape index (κ1) is 25.2. The highest BCUT2D eigenvalue weighted by Gasteiger charge is 2.21. The first-order valence-corrected chi connectivity index (χ1v) is 13.3. The van der Waals surface area contributed by atoms with Crippen molar-refractivity contribution in [2.75, 3.05) is 24.4 Å². The van der Waals surface area contributed by atoms with Crippen LogP contribution < -0.4 is 14.8 Å². The summed E-state index contributed by atoms with van der Waals surface area (Å²) in [4.78, 5) is 26.6. The van der Waals surface area contributed by atoms with Gasteiger partial charge in [-0.25, -0.2) is 8.42 Å². The summed E-state index contributed by atoms with van der Waals surface area (Å²) in [5.74, 6) is 0.990. The van der Waals surface area contributed by atoms with Crippen LogP contribution in [0, 0.1) is 5.92 Å². The van der Waals surface area contributed by atoms with Gasteiger partial charge in [-0.2, -0.15) is 0 Å². The zero-order valence-electron chi connectivity index (χ0n) is 20.0. The molecular formula is C27H29N3O5S. The Morgan fingerprint density at radius 3 is 2.25 bits per heavy atom. The molecule has 0 aromatic heterocycles. The van der Waals surface area contributed by atoms with E-state index in [1.165, 1.54) is 24.3 Å². The molecule has 4 rings (SSSR count). The number of ether oxygens (including phenoxy) is 1. The topological polar surface area (TPSA) is 105 Å². The highest BCUT2D eigenvalue weighted by atomic mass is 32.2. The number of amides is 2. The summed E-state index contributed by atoms with van der Waals surface area (Å²) in [6, 6.07) is 21.3. The average molecular weight is 508 g/mol.